The summed E-state index contributed by atoms with van der Waals surface area (Å²) in [6.45, 7) is 2.00. The van der Waals surface area contributed by atoms with Gasteiger partial charge in [0, 0.05) is 36.1 Å². The Hall–Kier alpha value is -3.22. The highest BCUT2D eigenvalue weighted by Gasteiger charge is 2.30. The smallest absolute Gasteiger partial charge is 0.406 e. The van der Waals surface area contributed by atoms with Gasteiger partial charge in [-0.1, -0.05) is 30.3 Å². The molecule has 2 heterocycles. The van der Waals surface area contributed by atoms with E-state index in [0.29, 0.717) is 11.5 Å². The van der Waals surface area contributed by atoms with Crippen molar-refractivity contribution < 1.29 is 17.9 Å². The zero-order chi connectivity index (χ0) is 20.3. The Morgan fingerprint density at radius 3 is 2.24 bits per heavy atom. The molecule has 0 bridgehead atoms. The normalized spacial score (nSPS) is 14.1. The number of pyridine rings is 1. The first-order valence-electron chi connectivity index (χ1n) is 9.42. The molecular formula is C22H20F3N3O. The predicted octanol–water partition coefficient (Wildman–Crippen LogP) is 5.99. The first-order chi connectivity index (χ1) is 14.0. The van der Waals surface area contributed by atoms with E-state index in [1.54, 1.807) is 0 Å². The summed E-state index contributed by atoms with van der Waals surface area (Å²) in [4.78, 5) is 7.02. The van der Waals surface area contributed by atoms with Gasteiger partial charge in [0.2, 0.25) is 0 Å². The number of hydrogen-bond acceptors (Lipinski definition) is 4. The van der Waals surface area contributed by atoms with Crippen LogP contribution in [0, 0.1) is 0 Å². The molecule has 1 aliphatic rings. The fourth-order valence-corrected chi connectivity index (χ4v) is 3.38. The maximum Gasteiger partial charge on any atom is 0.573 e. The van der Waals surface area contributed by atoms with Crippen LogP contribution in [0.5, 0.6) is 5.75 Å². The Labute approximate surface area is 167 Å². The van der Waals surface area contributed by atoms with Crippen molar-refractivity contribution in [3.05, 3.63) is 66.7 Å². The topological polar surface area (TPSA) is 37.4 Å². The maximum atomic E-state index is 12.3. The second-order valence-electron chi connectivity index (χ2n) is 6.85. The molecule has 1 saturated heterocycles. The summed E-state index contributed by atoms with van der Waals surface area (Å²) < 4.78 is 40.9. The predicted molar refractivity (Wildman–Crippen MR) is 108 cm³/mol. The monoisotopic (exact) mass is 399 g/mol. The molecule has 29 heavy (non-hydrogen) atoms. The van der Waals surface area contributed by atoms with E-state index in [4.69, 9.17) is 4.98 Å². The molecule has 0 unspecified atom stereocenters. The summed E-state index contributed by atoms with van der Waals surface area (Å²) in [5.41, 5.74) is 3.56. The fourth-order valence-electron chi connectivity index (χ4n) is 3.38. The molecule has 4 nitrogen and oxygen atoms in total. The van der Waals surface area contributed by atoms with Gasteiger partial charge < -0.3 is 15.0 Å². The highest BCUT2D eigenvalue weighted by atomic mass is 19.4. The van der Waals surface area contributed by atoms with E-state index in [1.807, 2.05) is 36.4 Å². The van der Waals surface area contributed by atoms with Gasteiger partial charge in [-0.25, -0.2) is 4.98 Å². The van der Waals surface area contributed by atoms with Crippen LogP contribution in [0.4, 0.5) is 30.4 Å². The van der Waals surface area contributed by atoms with Gasteiger partial charge in [0.05, 0.1) is 5.69 Å². The van der Waals surface area contributed by atoms with E-state index >= 15 is 0 Å². The van der Waals surface area contributed by atoms with Gasteiger partial charge in [-0.2, -0.15) is 0 Å². The molecular weight excluding hydrogens is 379 g/mol. The van der Waals surface area contributed by atoms with Gasteiger partial charge in [0.15, 0.2) is 0 Å². The lowest BCUT2D eigenvalue weighted by atomic mass is 10.1. The summed E-state index contributed by atoms with van der Waals surface area (Å²) in [5.74, 6) is 0.379. The molecule has 0 radical (unpaired) electrons. The SMILES string of the molecule is FC(F)(F)Oc1ccc(Nc2cc(N3CCCC3)cc(-c3ccccc3)n2)cc1. The second-order valence-corrected chi connectivity index (χ2v) is 6.85. The molecule has 2 aromatic carbocycles. The summed E-state index contributed by atoms with van der Waals surface area (Å²) in [5, 5.41) is 3.19. The minimum Gasteiger partial charge on any atom is -0.406 e. The lowest BCUT2D eigenvalue weighted by Crippen LogP contribution is -2.18. The Morgan fingerprint density at radius 2 is 1.59 bits per heavy atom. The van der Waals surface area contributed by atoms with Gasteiger partial charge in [-0.15, -0.1) is 13.2 Å². The number of anilines is 3. The van der Waals surface area contributed by atoms with Gasteiger partial charge in [-0.3, -0.25) is 0 Å². The molecule has 7 heteroatoms. The van der Waals surface area contributed by atoms with Crippen LogP contribution in [0.3, 0.4) is 0 Å². The first kappa shape index (κ1) is 19.1. The average Bonchev–Trinajstić information content (AvgIpc) is 3.24. The third-order valence-electron chi connectivity index (χ3n) is 4.71. The lowest BCUT2D eigenvalue weighted by molar-refractivity contribution is -0.274. The third-order valence-corrected chi connectivity index (χ3v) is 4.71. The fraction of sp³-hybridized carbons (Fsp3) is 0.227. The van der Waals surface area contributed by atoms with Gasteiger partial charge in [0.1, 0.15) is 11.6 Å². The Bertz CT molecular complexity index is 953. The Kier molecular flexibility index (Phi) is 5.29. The second kappa shape index (κ2) is 8.03. The number of alkyl halides is 3. The van der Waals surface area contributed by atoms with Crippen LogP contribution in [0.1, 0.15) is 12.8 Å². The van der Waals surface area contributed by atoms with Crippen molar-refractivity contribution in [2.75, 3.05) is 23.3 Å². The molecule has 1 N–H and O–H groups in total. The average molecular weight is 399 g/mol. The number of ether oxygens (including phenoxy) is 1. The number of benzene rings is 2. The highest BCUT2D eigenvalue weighted by molar-refractivity contribution is 5.71. The summed E-state index contributed by atoms with van der Waals surface area (Å²) in [7, 11) is 0. The summed E-state index contributed by atoms with van der Waals surface area (Å²) in [6, 6.07) is 19.6. The van der Waals surface area contributed by atoms with E-state index in [1.165, 1.54) is 24.3 Å². The van der Waals surface area contributed by atoms with Gasteiger partial charge in [0.25, 0.3) is 0 Å². The quantitative estimate of drug-likeness (QED) is 0.572. The summed E-state index contributed by atoms with van der Waals surface area (Å²) >= 11 is 0. The Balaban J connectivity index is 1.61. The van der Waals surface area contributed by atoms with E-state index in [2.05, 4.69) is 21.0 Å². The molecule has 0 spiro atoms. The van der Waals surface area contributed by atoms with E-state index in [9.17, 15) is 13.2 Å². The number of hydrogen-bond donors (Lipinski definition) is 1. The van der Waals surface area contributed by atoms with Crippen LogP contribution < -0.4 is 15.0 Å². The molecule has 1 aromatic heterocycles. The van der Waals surface area contributed by atoms with E-state index in [-0.39, 0.29) is 5.75 Å². The van der Waals surface area contributed by atoms with Crippen LogP contribution in [0.25, 0.3) is 11.3 Å². The third kappa shape index (κ3) is 4.99. The maximum absolute atomic E-state index is 12.3. The zero-order valence-corrected chi connectivity index (χ0v) is 15.6. The highest BCUT2D eigenvalue weighted by Crippen LogP contribution is 2.30. The van der Waals surface area contributed by atoms with Crippen molar-refractivity contribution in [3.63, 3.8) is 0 Å². The van der Waals surface area contributed by atoms with Crippen molar-refractivity contribution >= 4 is 17.2 Å². The van der Waals surface area contributed by atoms with E-state index < -0.39 is 6.36 Å². The largest absolute Gasteiger partial charge is 0.573 e. The van der Waals surface area contributed by atoms with Crippen molar-refractivity contribution in [3.8, 4) is 17.0 Å². The van der Waals surface area contributed by atoms with Crippen molar-refractivity contribution in [2.45, 2.75) is 19.2 Å². The molecule has 4 rings (SSSR count). The van der Waals surface area contributed by atoms with Crippen LogP contribution in [-0.4, -0.2) is 24.4 Å². The molecule has 0 saturated carbocycles. The number of nitrogens with zero attached hydrogens (tertiary/aromatic N) is 2. The minimum atomic E-state index is -4.70. The number of aromatic nitrogens is 1. The lowest BCUT2D eigenvalue weighted by Gasteiger charge is -2.20. The first-order valence-corrected chi connectivity index (χ1v) is 9.42. The minimum absolute atomic E-state index is 0.258. The number of rotatable bonds is 5. The van der Waals surface area contributed by atoms with Crippen LogP contribution >= 0.6 is 0 Å². The van der Waals surface area contributed by atoms with Crippen molar-refractivity contribution in [2.24, 2.45) is 0 Å². The standard InChI is InChI=1S/C22H20F3N3O/c23-22(24,25)29-19-10-8-17(9-11-19)26-21-15-18(28-12-4-5-13-28)14-20(27-21)16-6-2-1-3-7-16/h1-3,6-11,14-15H,4-5,12-13H2,(H,26,27). The molecule has 1 aliphatic heterocycles. The van der Waals surface area contributed by atoms with Gasteiger partial charge >= 0.3 is 6.36 Å². The number of nitrogens with one attached hydrogen (secondary N) is 1. The Morgan fingerprint density at radius 1 is 0.897 bits per heavy atom. The van der Waals surface area contributed by atoms with Crippen LogP contribution in [0.2, 0.25) is 0 Å². The molecule has 0 atom stereocenters. The number of halogens is 3. The van der Waals surface area contributed by atoms with Crippen molar-refractivity contribution in [1.82, 2.24) is 4.98 Å². The summed E-state index contributed by atoms with van der Waals surface area (Å²) in [6.07, 6.45) is -2.38. The van der Waals surface area contributed by atoms with Crippen LogP contribution in [-0.2, 0) is 0 Å². The van der Waals surface area contributed by atoms with E-state index in [0.717, 1.165) is 42.9 Å². The molecule has 1 fully saturated rings. The molecule has 0 amide bonds. The zero-order valence-electron chi connectivity index (χ0n) is 15.6. The van der Waals surface area contributed by atoms with Gasteiger partial charge in [-0.05, 0) is 43.2 Å². The van der Waals surface area contributed by atoms with Crippen LogP contribution in [0.15, 0.2) is 66.7 Å². The van der Waals surface area contributed by atoms with Crippen molar-refractivity contribution in [1.29, 1.82) is 0 Å². The molecule has 0 aliphatic carbocycles. The molecule has 150 valence electrons. The molecule has 3 aromatic rings.